The highest BCUT2D eigenvalue weighted by Crippen LogP contribution is 2.24. The van der Waals surface area contributed by atoms with Crippen LogP contribution in [0.4, 0.5) is 0 Å². The first-order valence-corrected chi connectivity index (χ1v) is 7.07. The quantitative estimate of drug-likeness (QED) is 0.928. The number of carbonyl (C=O) groups is 1. The highest BCUT2D eigenvalue weighted by Gasteiger charge is 2.30. The lowest BCUT2D eigenvalue weighted by molar-refractivity contribution is -0.00862. The summed E-state index contributed by atoms with van der Waals surface area (Å²) in [4.78, 5) is 12.0. The summed E-state index contributed by atoms with van der Waals surface area (Å²) in [7, 11) is 0. The molecule has 0 spiro atoms. The van der Waals surface area contributed by atoms with Crippen molar-refractivity contribution in [2.45, 2.75) is 38.8 Å². The first-order valence-electron chi connectivity index (χ1n) is 6.28. The highest BCUT2D eigenvalue weighted by molar-refractivity contribution is 9.10. The molecule has 1 aliphatic carbocycles. The van der Waals surface area contributed by atoms with Crippen LogP contribution >= 0.6 is 15.9 Å². The number of hydrogen-bond donors (Lipinski definition) is 1. The Balaban J connectivity index is 1.89. The van der Waals surface area contributed by atoms with Crippen LogP contribution in [0.1, 0.15) is 35.7 Å². The van der Waals surface area contributed by atoms with Crippen LogP contribution in [0.25, 0.3) is 0 Å². The highest BCUT2D eigenvalue weighted by atomic mass is 79.9. The molecule has 2 rings (SSSR count). The van der Waals surface area contributed by atoms with Crippen molar-refractivity contribution < 1.29 is 9.53 Å². The number of halogens is 1. The zero-order valence-electron chi connectivity index (χ0n) is 10.7. The summed E-state index contributed by atoms with van der Waals surface area (Å²) in [6.45, 7) is 4.72. The molecule has 0 bridgehead atoms. The van der Waals surface area contributed by atoms with Crippen molar-refractivity contribution in [2.24, 2.45) is 0 Å². The molecule has 98 valence electrons. The molecular formula is C14H18BrNO2. The topological polar surface area (TPSA) is 38.3 Å². The molecule has 0 aliphatic heterocycles. The van der Waals surface area contributed by atoms with Gasteiger partial charge >= 0.3 is 0 Å². The molecule has 18 heavy (non-hydrogen) atoms. The average molecular weight is 312 g/mol. The molecule has 4 heteroatoms. The van der Waals surface area contributed by atoms with Gasteiger partial charge in [-0.25, -0.2) is 0 Å². The molecule has 0 heterocycles. The zero-order chi connectivity index (χ0) is 13.1. The molecule has 1 fully saturated rings. The van der Waals surface area contributed by atoms with Gasteiger partial charge in [0.1, 0.15) is 0 Å². The average Bonchev–Trinajstić information content (AvgIpc) is 2.24. The van der Waals surface area contributed by atoms with Crippen LogP contribution in [0.5, 0.6) is 0 Å². The number of ether oxygens (including phenoxy) is 1. The summed E-state index contributed by atoms with van der Waals surface area (Å²) in [5.41, 5.74) is 1.79. The lowest BCUT2D eigenvalue weighted by Gasteiger charge is -2.35. The molecule has 1 aromatic rings. The maximum Gasteiger partial charge on any atom is 0.251 e. The fraction of sp³-hybridized carbons (Fsp3) is 0.500. The molecule has 1 saturated carbocycles. The second kappa shape index (κ2) is 5.85. The van der Waals surface area contributed by atoms with Crippen LogP contribution in [0.3, 0.4) is 0 Å². The van der Waals surface area contributed by atoms with Crippen molar-refractivity contribution in [1.29, 1.82) is 0 Å². The minimum absolute atomic E-state index is 0.000603. The number of carbonyl (C=O) groups excluding carboxylic acids is 1. The normalized spacial score (nSPS) is 22.4. The van der Waals surface area contributed by atoms with E-state index in [4.69, 9.17) is 4.74 Å². The third-order valence-corrected chi connectivity index (χ3v) is 3.59. The monoisotopic (exact) mass is 311 g/mol. The van der Waals surface area contributed by atoms with E-state index in [0.717, 1.165) is 29.5 Å². The third kappa shape index (κ3) is 3.33. The van der Waals surface area contributed by atoms with Crippen LogP contribution in [0, 0.1) is 6.92 Å². The fourth-order valence-electron chi connectivity index (χ4n) is 2.19. The van der Waals surface area contributed by atoms with Crippen LogP contribution < -0.4 is 5.32 Å². The van der Waals surface area contributed by atoms with Crippen molar-refractivity contribution in [3.63, 3.8) is 0 Å². The van der Waals surface area contributed by atoms with E-state index in [2.05, 4.69) is 21.2 Å². The number of rotatable bonds is 4. The lowest BCUT2D eigenvalue weighted by Crippen LogP contribution is -2.47. The van der Waals surface area contributed by atoms with E-state index >= 15 is 0 Å². The number of hydrogen-bond acceptors (Lipinski definition) is 2. The molecule has 1 amide bonds. The minimum Gasteiger partial charge on any atom is -0.378 e. The standard InChI is InChI=1S/C14H18BrNO2/c1-3-18-13-7-12(8-13)16-14(17)10-4-9(2)5-11(15)6-10/h4-6,12-13H,3,7-8H2,1-2H3,(H,16,17). The van der Waals surface area contributed by atoms with Crippen molar-refractivity contribution in [3.8, 4) is 0 Å². The fourth-order valence-corrected chi connectivity index (χ4v) is 2.80. The van der Waals surface area contributed by atoms with Crippen molar-refractivity contribution in [3.05, 3.63) is 33.8 Å². The summed E-state index contributed by atoms with van der Waals surface area (Å²) in [5.74, 6) is -0.000603. The van der Waals surface area contributed by atoms with Gasteiger partial charge < -0.3 is 10.1 Å². The minimum atomic E-state index is -0.000603. The molecule has 0 saturated heterocycles. The predicted octanol–water partition coefficient (Wildman–Crippen LogP) is 3.05. The maximum atomic E-state index is 12.0. The number of benzene rings is 1. The second-order valence-electron chi connectivity index (χ2n) is 4.74. The van der Waals surface area contributed by atoms with E-state index in [0.29, 0.717) is 11.7 Å². The number of aryl methyl sites for hydroxylation is 1. The van der Waals surface area contributed by atoms with Gasteiger partial charge in [0, 0.05) is 22.7 Å². The van der Waals surface area contributed by atoms with Gasteiger partial charge in [-0.05, 0) is 50.5 Å². The third-order valence-electron chi connectivity index (χ3n) is 3.14. The van der Waals surface area contributed by atoms with Crippen molar-refractivity contribution in [1.82, 2.24) is 5.32 Å². The summed E-state index contributed by atoms with van der Waals surface area (Å²) < 4.78 is 6.41. The second-order valence-corrected chi connectivity index (χ2v) is 5.65. The zero-order valence-corrected chi connectivity index (χ0v) is 12.3. The Morgan fingerprint density at radius 1 is 1.44 bits per heavy atom. The van der Waals surface area contributed by atoms with Crippen LogP contribution in [-0.2, 0) is 4.74 Å². The summed E-state index contributed by atoms with van der Waals surface area (Å²) in [5, 5.41) is 3.04. The molecule has 1 N–H and O–H groups in total. The molecule has 0 atom stereocenters. The Kier molecular flexibility index (Phi) is 4.40. The van der Waals surface area contributed by atoms with Gasteiger partial charge in [-0.2, -0.15) is 0 Å². The smallest absolute Gasteiger partial charge is 0.251 e. The van der Waals surface area contributed by atoms with Crippen molar-refractivity contribution in [2.75, 3.05) is 6.61 Å². The van der Waals surface area contributed by atoms with E-state index in [9.17, 15) is 4.79 Å². The molecular weight excluding hydrogens is 294 g/mol. The summed E-state index contributed by atoms with van der Waals surface area (Å²) in [6.07, 6.45) is 2.17. The molecule has 3 nitrogen and oxygen atoms in total. The number of amides is 1. The molecule has 0 unspecified atom stereocenters. The van der Waals surface area contributed by atoms with E-state index in [-0.39, 0.29) is 11.9 Å². The Morgan fingerprint density at radius 2 is 2.17 bits per heavy atom. The number of nitrogens with one attached hydrogen (secondary N) is 1. The van der Waals surface area contributed by atoms with E-state index in [1.807, 2.05) is 32.0 Å². The SMILES string of the molecule is CCOC1CC(NC(=O)c2cc(C)cc(Br)c2)C1. The first kappa shape index (κ1) is 13.6. The van der Waals surface area contributed by atoms with Gasteiger partial charge in [-0.15, -0.1) is 0 Å². The maximum absolute atomic E-state index is 12.0. The summed E-state index contributed by atoms with van der Waals surface area (Å²) in [6, 6.07) is 6.00. The molecule has 1 aliphatic rings. The Labute approximate surface area is 116 Å². The Morgan fingerprint density at radius 3 is 2.78 bits per heavy atom. The van der Waals surface area contributed by atoms with Gasteiger partial charge in [0.05, 0.1) is 6.10 Å². The Hall–Kier alpha value is -0.870. The van der Waals surface area contributed by atoms with E-state index < -0.39 is 0 Å². The van der Waals surface area contributed by atoms with E-state index in [1.165, 1.54) is 0 Å². The van der Waals surface area contributed by atoms with Gasteiger partial charge in [0.25, 0.3) is 5.91 Å². The van der Waals surface area contributed by atoms with Gasteiger partial charge in [0.2, 0.25) is 0 Å². The van der Waals surface area contributed by atoms with Gasteiger partial charge in [-0.3, -0.25) is 4.79 Å². The first-order chi connectivity index (χ1) is 8.58. The van der Waals surface area contributed by atoms with Gasteiger partial charge in [-0.1, -0.05) is 15.9 Å². The van der Waals surface area contributed by atoms with Crippen LogP contribution in [0.15, 0.2) is 22.7 Å². The van der Waals surface area contributed by atoms with Gasteiger partial charge in [0.15, 0.2) is 0 Å². The van der Waals surface area contributed by atoms with E-state index in [1.54, 1.807) is 0 Å². The van der Waals surface area contributed by atoms with Crippen molar-refractivity contribution >= 4 is 21.8 Å². The lowest BCUT2D eigenvalue weighted by atomic mass is 9.89. The Bertz CT molecular complexity index is 421. The molecule has 1 aromatic carbocycles. The molecule has 0 aromatic heterocycles. The largest absolute Gasteiger partial charge is 0.378 e. The summed E-state index contributed by atoms with van der Waals surface area (Å²) >= 11 is 3.41. The molecule has 0 radical (unpaired) electrons. The predicted molar refractivity (Wildman–Crippen MR) is 74.8 cm³/mol. The van der Waals surface area contributed by atoms with Crippen LogP contribution in [-0.4, -0.2) is 24.7 Å². The van der Waals surface area contributed by atoms with Crippen LogP contribution in [0.2, 0.25) is 0 Å².